The van der Waals surface area contributed by atoms with Crippen LogP contribution in [0.3, 0.4) is 0 Å². The van der Waals surface area contributed by atoms with Gasteiger partial charge in [0.25, 0.3) is 0 Å². The molecule has 0 N–H and O–H groups in total. The van der Waals surface area contributed by atoms with Gasteiger partial charge < -0.3 is 4.42 Å². The fraction of sp³-hybridized carbons (Fsp3) is 0. The van der Waals surface area contributed by atoms with Crippen LogP contribution in [0.1, 0.15) is 0 Å². The van der Waals surface area contributed by atoms with Gasteiger partial charge in [0.05, 0.1) is 0 Å². The topological polar surface area (TPSA) is 13.1 Å². The summed E-state index contributed by atoms with van der Waals surface area (Å²) in [5.41, 5.74) is 9.11. The van der Waals surface area contributed by atoms with E-state index in [0.29, 0.717) is 0 Å². The van der Waals surface area contributed by atoms with Crippen molar-refractivity contribution in [2.75, 3.05) is 0 Å². The lowest BCUT2D eigenvalue weighted by atomic mass is 9.85. The number of furan rings is 1. The van der Waals surface area contributed by atoms with Crippen molar-refractivity contribution >= 4 is 65.0 Å². The van der Waals surface area contributed by atoms with Gasteiger partial charge in [-0.25, -0.2) is 0 Å². The maximum atomic E-state index is 6.76. The Morgan fingerprint density at radius 2 is 0.809 bits per heavy atom. The summed E-state index contributed by atoms with van der Waals surface area (Å²) in [6.07, 6.45) is 0. The maximum Gasteiger partial charge on any atom is 0.143 e. The highest BCUT2D eigenvalue weighted by Gasteiger charge is 2.20. The Hall–Kier alpha value is -6.18. The summed E-state index contributed by atoms with van der Waals surface area (Å²) < 4.78 is 6.76. The number of rotatable bonds is 3. The molecule has 0 fully saturated rings. The molecular formula is C46H28O. The van der Waals surface area contributed by atoms with Crippen LogP contribution >= 0.6 is 0 Å². The maximum absolute atomic E-state index is 6.76. The Labute approximate surface area is 271 Å². The van der Waals surface area contributed by atoms with E-state index in [-0.39, 0.29) is 0 Å². The molecule has 1 heteroatoms. The van der Waals surface area contributed by atoms with E-state index in [0.717, 1.165) is 27.5 Å². The summed E-state index contributed by atoms with van der Waals surface area (Å²) in [5, 5.41) is 12.1. The summed E-state index contributed by atoms with van der Waals surface area (Å²) in [5.74, 6) is 0. The van der Waals surface area contributed by atoms with Crippen LogP contribution < -0.4 is 0 Å². The fourth-order valence-corrected chi connectivity index (χ4v) is 7.73. The molecule has 1 heterocycles. The van der Waals surface area contributed by atoms with Crippen molar-refractivity contribution in [1.29, 1.82) is 0 Å². The van der Waals surface area contributed by atoms with Crippen molar-refractivity contribution in [3.05, 3.63) is 170 Å². The van der Waals surface area contributed by atoms with Crippen molar-refractivity contribution in [3.8, 4) is 33.4 Å². The second-order valence-electron chi connectivity index (χ2n) is 12.4. The Morgan fingerprint density at radius 3 is 1.55 bits per heavy atom. The second kappa shape index (κ2) is 10.2. The van der Waals surface area contributed by atoms with Crippen LogP contribution in [0.2, 0.25) is 0 Å². The summed E-state index contributed by atoms with van der Waals surface area (Å²) in [6.45, 7) is 0. The summed E-state index contributed by atoms with van der Waals surface area (Å²) in [4.78, 5) is 0. The molecule has 10 rings (SSSR count). The zero-order valence-corrected chi connectivity index (χ0v) is 25.6. The quantitative estimate of drug-likeness (QED) is 0.185. The third-order valence-corrected chi connectivity index (χ3v) is 9.82. The number of benzene rings is 9. The highest BCUT2D eigenvalue weighted by atomic mass is 16.3. The molecule has 218 valence electrons. The Morgan fingerprint density at radius 1 is 0.298 bits per heavy atom. The van der Waals surface area contributed by atoms with E-state index in [1.54, 1.807) is 0 Å². The molecule has 0 atom stereocenters. The van der Waals surface area contributed by atoms with E-state index in [4.69, 9.17) is 4.42 Å². The molecule has 0 spiro atoms. The summed E-state index contributed by atoms with van der Waals surface area (Å²) in [7, 11) is 0. The second-order valence-corrected chi connectivity index (χ2v) is 12.4. The zero-order chi connectivity index (χ0) is 30.9. The van der Waals surface area contributed by atoms with Crippen LogP contribution in [0, 0.1) is 0 Å². The predicted molar refractivity (Wildman–Crippen MR) is 200 cm³/mol. The lowest BCUT2D eigenvalue weighted by Crippen LogP contribution is -1.91. The van der Waals surface area contributed by atoms with Gasteiger partial charge in [-0.15, -0.1) is 0 Å². The molecule has 0 radical (unpaired) electrons. The summed E-state index contributed by atoms with van der Waals surface area (Å²) >= 11 is 0. The first-order valence-corrected chi connectivity index (χ1v) is 16.2. The number of para-hydroxylation sites is 1. The molecule has 0 amide bonds. The van der Waals surface area contributed by atoms with E-state index in [1.807, 2.05) is 0 Å². The molecule has 47 heavy (non-hydrogen) atoms. The molecule has 10 aromatic rings. The van der Waals surface area contributed by atoms with Gasteiger partial charge in [-0.05, 0) is 83.5 Å². The van der Waals surface area contributed by atoms with Crippen LogP contribution in [0.25, 0.3) is 98.4 Å². The molecule has 0 aliphatic carbocycles. The molecule has 1 nitrogen and oxygen atoms in total. The Balaban J connectivity index is 1.26. The van der Waals surface area contributed by atoms with Crippen LogP contribution in [-0.2, 0) is 0 Å². The van der Waals surface area contributed by atoms with Crippen molar-refractivity contribution in [1.82, 2.24) is 0 Å². The van der Waals surface area contributed by atoms with Gasteiger partial charge in [0.1, 0.15) is 11.2 Å². The smallest absolute Gasteiger partial charge is 0.143 e. The van der Waals surface area contributed by atoms with Crippen LogP contribution in [-0.4, -0.2) is 0 Å². The van der Waals surface area contributed by atoms with Crippen molar-refractivity contribution in [2.24, 2.45) is 0 Å². The number of fused-ring (bicyclic) bond motifs is 7. The standard InChI is InChI=1S/C46H28O/c1-2-14-31-28-43-42(27-30(31)13-1)40-24-11-25-41(46(40)47-43)45-38-21-7-5-19-36(38)44(37-20-6-8-22-39(37)45)33-17-9-16-32(26-33)35-23-10-15-29-12-3-4-18-34(29)35/h1-28H. The normalized spacial score (nSPS) is 11.8. The first-order chi connectivity index (χ1) is 23.3. The fourth-order valence-electron chi connectivity index (χ4n) is 7.73. The van der Waals surface area contributed by atoms with Gasteiger partial charge in [-0.2, -0.15) is 0 Å². The van der Waals surface area contributed by atoms with E-state index < -0.39 is 0 Å². The first kappa shape index (κ1) is 26.1. The van der Waals surface area contributed by atoms with Crippen LogP contribution in [0.15, 0.2) is 174 Å². The molecule has 0 saturated carbocycles. The molecule has 0 saturated heterocycles. The number of hydrogen-bond donors (Lipinski definition) is 0. The predicted octanol–water partition coefficient (Wildman–Crippen LogP) is 13.2. The van der Waals surface area contributed by atoms with Gasteiger partial charge in [0.2, 0.25) is 0 Å². The van der Waals surface area contributed by atoms with Gasteiger partial charge in [-0.1, -0.05) is 152 Å². The third-order valence-electron chi connectivity index (χ3n) is 9.82. The van der Waals surface area contributed by atoms with Crippen molar-refractivity contribution < 1.29 is 4.42 Å². The highest BCUT2D eigenvalue weighted by molar-refractivity contribution is 6.24. The largest absolute Gasteiger partial charge is 0.455 e. The van der Waals surface area contributed by atoms with Gasteiger partial charge in [0.15, 0.2) is 0 Å². The van der Waals surface area contributed by atoms with Gasteiger partial charge in [0, 0.05) is 21.9 Å². The van der Waals surface area contributed by atoms with Crippen LogP contribution in [0.5, 0.6) is 0 Å². The molecule has 1 aromatic heterocycles. The minimum absolute atomic E-state index is 0.918. The third kappa shape index (κ3) is 3.97. The van der Waals surface area contributed by atoms with E-state index in [1.165, 1.54) is 70.9 Å². The van der Waals surface area contributed by atoms with Gasteiger partial charge >= 0.3 is 0 Å². The molecule has 0 unspecified atom stereocenters. The molecule has 9 aromatic carbocycles. The lowest BCUT2D eigenvalue weighted by molar-refractivity contribution is 0.670. The minimum atomic E-state index is 0.918. The molecule has 0 aliphatic rings. The number of hydrogen-bond acceptors (Lipinski definition) is 1. The SMILES string of the molecule is c1cc(-c2cccc3ccccc23)cc(-c2c3ccccc3c(-c3cccc4c3oc3cc5ccccc5cc34)c3ccccc23)c1. The molecule has 0 bridgehead atoms. The Kier molecular flexibility index (Phi) is 5.64. The van der Waals surface area contributed by atoms with Crippen LogP contribution in [0.4, 0.5) is 0 Å². The highest BCUT2D eigenvalue weighted by Crippen LogP contribution is 2.47. The minimum Gasteiger partial charge on any atom is -0.455 e. The van der Waals surface area contributed by atoms with E-state index in [9.17, 15) is 0 Å². The Bertz CT molecular complexity index is 2790. The molecular weight excluding hydrogens is 569 g/mol. The van der Waals surface area contributed by atoms with E-state index in [2.05, 4.69) is 170 Å². The molecule has 0 aliphatic heterocycles. The van der Waals surface area contributed by atoms with Crippen molar-refractivity contribution in [3.63, 3.8) is 0 Å². The van der Waals surface area contributed by atoms with E-state index >= 15 is 0 Å². The average molecular weight is 597 g/mol. The summed E-state index contributed by atoms with van der Waals surface area (Å²) in [6, 6.07) is 61.5. The van der Waals surface area contributed by atoms with Crippen molar-refractivity contribution in [2.45, 2.75) is 0 Å². The van der Waals surface area contributed by atoms with Gasteiger partial charge in [-0.3, -0.25) is 0 Å². The zero-order valence-electron chi connectivity index (χ0n) is 25.6. The first-order valence-electron chi connectivity index (χ1n) is 16.2. The average Bonchev–Trinajstić information content (AvgIpc) is 3.50. The lowest BCUT2D eigenvalue weighted by Gasteiger charge is -2.18. The monoisotopic (exact) mass is 596 g/mol.